The highest BCUT2D eigenvalue weighted by Crippen LogP contribution is 2.43. The van der Waals surface area contributed by atoms with Gasteiger partial charge in [-0.25, -0.2) is 0 Å². The van der Waals surface area contributed by atoms with Crippen molar-refractivity contribution in [1.82, 2.24) is 0 Å². The molecule has 0 saturated heterocycles. The molecule has 0 saturated carbocycles. The van der Waals surface area contributed by atoms with Crippen LogP contribution in [-0.2, 0) is 16.9 Å². The van der Waals surface area contributed by atoms with E-state index in [1.807, 2.05) is 49.4 Å². The van der Waals surface area contributed by atoms with E-state index in [1.54, 1.807) is 35.2 Å². The van der Waals surface area contributed by atoms with Crippen molar-refractivity contribution in [3.05, 3.63) is 99.5 Å². The lowest BCUT2D eigenvalue weighted by atomic mass is 9.88. The summed E-state index contributed by atoms with van der Waals surface area (Å²) in [5.74, 6) is -0.733. The minimum Gasteiger partial charge on any atom is -0.375 e. The van der Waals surface area contributed by atoms with Crippen molar-refractivity contribution in [1.29, 1.82) is 0 Å². The summed E-state index contributed by atoms with van der Waals surface area (Å²) >= 11 is 3.41. The molecule has 1 heterocycles. The Morgan fingerprint density at radius 2 is 1.66 bits per heavy atom. The predicted molar refractivity (Wildman–Crippen MR) is 116 cm³/mol. The van der Waals surface area contributed by atoms with Gasteiger partial charge in [-0.3, -0.25) is 9.59 Å². The number of aliphatic hydroxyl groups is 1. The van der Waals surface area contributed by atoms with Crippen molar-refractivity contribution in [2.75, 3.05) is 4.90 Å². The molecule has 146 valence electrons. The number of halogens is 1. The van der Waals surface area contributed by atoms with E-state index in [-0.39, 0.29) is 12.2 Å². The van der Waals surface area contributed by atoms with Crippen LogP contribution in [-0.4, -0.2) is 16.8 Å². The average Bonchev–Trinajstić information content (AvgIpc) is 2.92. The molecule has 4 nitrogen and oxygen atoms in total. The first-order valence-electron chi connectivity index (χ1n) is 9.37. The molecule has 3 aromatic rings. The molecule has 4 rings (SSSR count). The molecular weight excluding hydrogens is 430 g/mol. The van der Waals surface area contributed by atoms with Gasteiger partial charge in [0.1, 0.15) is 0 Å². The molecule has 1 aliphatic heterocycles. The van der Waals surface area contributed by atoms with Gasteiger partial charge in [-0.1, -0.05) is 76.1 Å². The summed E-state index contributed by atoms with van der Waals surface area (Å²) in [6.45, 7) is 2.27. The third kappa shape index (κ3) is 3.63. The maximum Gasteiger partial charge on any atom is 0.264 e. The zero-order valence-electron chi connectivity index (χ0n) is 15.9. The maximum atomic E-state index is 13.3. The number of nitrogens with zero attached hydrogens (tertiary/aromatic N) is 1. The van der Waals surface area contributed by atoms with E-state index in [2.05, 4.69) is 15.9 Å². The van der Waals surface area contributed by atoms with Gasteiger partial charge < -0.3 is 10.0 Å². The van der Waals surface area contributed by atoms with Crippen molar-refractivity contribution < 1.29 is 14.7 Å². The van der Waals surface area contributed by atoms with Crippen molar-refractivity contribution >= 4 is 33.3 Å². The summed E-state index contributed by atoms with van der Waals surface area (Å²) in [6.07, 6.45) is -0.289. The molecule has 29 heavy (non-hydrogen) atoms. The fraction of sp³-hybridized carbons (Fsp3) is 0.167. The Bertz CT molecular complexity index is 1080. The fourth-order valence-corrected chi connectivity index (χ4v) is 3.95. The molecule has 0 aliphatic carbocycles. The Morgan fingerprint density at radius 3 is 2.34 bits per heavy atom. The molecule has 1 atom stereocenters. The number of rotatable bonds is 5. The first-order chi connectivity index (χ1) is 13.9. The summed E-state index contributed by atoms with van der Waals surface area (Å²) in [5.41, 5.74) is 1.71. The number of hydrogen-bond donors (Lipinski definition) is 1. The van der Waals surface area contributed by atoms with Gasteiger partial charge in [-0.15, -0.1) is 0 Å². The summed E-state index contributed by atoms with van der Waals surface area (Å²) in [6, 6.07) is 22.0. The van der Waals surface area contributed by atoms with Crippen LogP contribution in [0.3, 0.4) is 0 Å². The Morgan fingerprint density at radius 1 is 1.00 bits per heavy atom. The van der Waals surface area contributed by atoms with Crippen LogP contribution in [0.25, 0.3) is 0 Å². The first-order valence-corrected chi connectivity index (χ1v) is 10.2. The molecule has 0 radical (unpaired) electrons. The number of Topliss-reactive ketones (excluding diaryl/α,β-unsaturated/α-hetero) is 1. The SMILES string of the molecule is Cc1ccc(C(=O)CC2(O)C(=O)N(Cc3ccc(Br)cc3)c3ccccc32)cc1. The second kappa shape index (κ2) is 7.58. The summed E-state index contributed by atoms with van der Waals surface area (Å²) in [5, 5.41) is 11.4. The second-order valence-corrected chi connectivity index (χ2v) is 8.28. The molecule has 0 aromatic heterocycles. The topological polar surface area (TPSA) is 57.6 Å². The maximum absolute atomic E-state index is 13.3. The number of para-hydroxylation sites is 1. The van der Waals surface area contributed by atoms with Crippen LogP contribution >= 0.6 is 15.9 Å². The number of hydrogen-bond acceptors (Lipinski definition) is 3. The molecular formula is C24H20BrNO3. The van der Waals surface area contributed by atoms with Crippen molar-refractivity contribution in [3.63, 3.8) is 0 Å². The van der Waals surface area contributed by atoms with Crippen LogP contribution in [0.4, 0.5) is 5.69 Å². The molecule has 1 amide bonds. The van der Waals surface area contributed by atoms with Gasteiger partial charge in [0.25, 0.3) is 5.91 Å². The van der Waals surface area contributed by atoms with Crippen molar-refractivity contribution in [2.45, 2.75) is 25.5 Å². The minimum atomic E-state index is -1.87. The largest absolute Gasteiger partial charge is 0.375 e. The quantitative estimate of drug-likeness (QED) is 0.570. The number of fused-ring (bicyclic) bond motifs is 1. The van der Waals surface area contributed by atoms with Crippen LogP contribution in [0.1, 0.15) is 33.5 Å². The lowest BCUT2D eigenvalue weighted by Gasteiger charge is -2.23. The summed E-state index contributed by atoms with van der Waals surface area (Å²) < 4.78 is 0.953. The Kier molecular flexibility index (Phi) is 5.11. The number of carbonyl (C=O) groups excluding carboxylic acids is 2. The van der Waals surface area contributed by atoms with E-state index in [0.29, 0.717) is 23.4 Å². The normalized spacial score (nSPS) is 18.0. The van der Waals surface area contributed by atoms with Gasteiger partial charge in [0.15, 0.2) is 11.4 Å². The molecule has 1 aliphatic rings. The van der Waals surface area contributed by atoms with Crippen molar-refractivity contribution in [2.24, 2.45) is 0 Å². The third-order valence-corrected chi connectivity index (χ3v) is 5.81. The number of aryl methyl sites for hydroxylation is 1. The van der Waals surface area contributed by atoms with E-state index in [4.69, 9.17) is 0 Å². The standard InChI is InChI=1S/C24H20BrNO3/c1-16-6-10-18(11-7-16)22(27)14-24(29)20-4-2-3-5-21(20)26(23(24)28)15-17-8-12-19(25)13-9-17/h2-13,29H,14-15H2,1H3. The monoisotopic (exact) mass is 449 g/mol. The lowest BCUT2D eigenvalue weighted by Crippen LogP contribution is -2.41. The number of ketones is 1. The van der Waals surface area contributed by atoms with Crippen LogP contribution in [0.5, 0.6) is 0 Å². The molecule has 3 aromatic carbocycles. The molecule has 1 unspecified atom stereocenters. The van der Waals surface area contributed by atoms with E-state index >= 15 is 0 Å². The van der Waals surface area contributed by atoms with E-state index in [1.165, 1.54) is 0 Å². The number of benzene rings is 3. The van der Waals surface area contributed by atoms with Gasteiger partial charge >= 0.3 is 0 Å². The Hall–Kier alpha value is -2.76. The number of amides is 1. The fourth-order valence-electron chi connectivity index (χ4n) is 3.68. The third-order valence-electron chi connectivity index (χ3n) is 5.28. The average molecular weight is 450 g/mol. The molecule has 0 fully saturated rings. The minimum absolute atomic E-state index is 0.263. The summed E-state index contributed by atoms with van der Waals surface area (Å²) in [7, 11) is 0. The second-order valence-electron chi connectivity index (χ2n) is 7.36. The number of carbonyl (C=O) groups is 2. The zero-order valence-corrected chi connectivity index (χ0v) is 17.5. The van der Waals surface area contributed by atoms with Gasteiger partial charge in [0, 0.05) is 15.6 Å². The Labute approximate surface area is 177 Å². The molecule has 0 bridgehead atoms. The predicted octanol–water partition coefficient (Wildman–Crippen LogP) is 4.76. The molecule has 1 N–H and O–H groups in total. The van der Waals surface area contributed by atoms with Crippen LogP contribution in [0, 0.1) is 6.92 Å². The van der Waals surface area contributed by atoms with Crippen LogP contribution in [0.15, 0.2) is 77.3 Å². The first kappa shape index (κ1) is 19.6. The van der Waals surface area contributed by atoms with E-state index in [9.17, 15) is 14.7 Å². The molecule has 0 spiro atoms. The van der Waals surface area contributed by atoms with Gasteiger partial charge in [0.05, 0.1) is 18.7 Å². The Balaban J connectivity index is 1.66. The molecule has 5 heteroatoms. The van der Waals surface area contributed by atoms with E-state index in [0.717, 1.165) is 15.6 Å². The highest BCUT2D eigenvalue weighted by Gasteiger charge is 2.50. The lowest BCUT2D eigenvalue weighted by molar-refractivity contribution is -0.136. The van der Waals surface area contributed by atoms with Crippen LogP contribution in [0.2, 0.25) is 0 Å². The van der Waals surface area contributed by atoms with E-state index < -0.39 is 11.5 Å². The summed E-state index contributed by atoms with van der Waals surface area (Å²) in [4.78, 5) is 27.7. The zero-order chi connectivity index (χ0) is 20.6. The van der Waals surface area contributed by atoms with Gasteiger partial charge in [-0.2, -0.15) is 0 Å². The van der Waals surface area contributed by atoms with Crippen LogP contribution < -0.4 is 4.90 Å². The highest BCUT2D eigenvalue weighted by atomic mass is 79.9. The van der Waals surface area contributed by atoms with Gasteiger partial charge in [-0.05, 0) is 30.7 Å². The smallest absolute Gasteiger partial charge is 0.264 e. The highest BCUT2D eigenvalue weighted by molar-refractivity contribution is 9.10. The number of anilines is 1. The van der Waals surface area contributed by atoms with Gasteiger partial charge in [0.2, 0.25) is 0 Å². The van der Waals surface area contributed by atoms with Crippen molar-refractivity contribution in [3.8, 4) is 0 Å².